The zero-order valence-corrected chi connectivity index (χ0v) is 16.5. The average Bonchev–Trinajstić information content (AvgIpc) is 2.71. The van der Waals surface area contributed by atoms with Crippen LogP contribution in [0.2, 0.25) is 0 Å². The molecule has 0 saturated carbocycles. The number of aromatic hydroxyl groups is 1. The predicted molar refractivity (Wildman–Crippen MR) is 110 cm³/mol. The standard InChI is InChI=1S/C24H25NO3/c1-4-17-21(27)12-11-20-23(18-8-6-5-7-15(18)14-26)19-10-9-16(25(2)3)13-22(19)28-24(17)20/h5-13,19,23,26H,4,14H2,1-3H3/p+1. The van der Waals surface area contributed by atoms with Crippen LogP contribution in [0.25, 0.3) is 0 Å². The van der Waals surface area contributed by atoms with Crippen LogP contribution >= 0.6 is 0 Å². The molecule has 0 amide bonds. The molecule has 1 aliphatic heterocycles. The first-order valence-corrected chi connectivity index (χ1v) is 9.70. The average molecular weight is 376 g/mol. The molecular weight excluding hydrogens is 350 g/mol. The number of aliphatic hydroxyl groups is 1. The van der Waals surface area contributed by atoms with E-state index in [0.29, 0.717) is 6.42 Å². The van der Waals surface area contributed by atoms with Gasteiger partial charge in [0.25, 0.3) is 0 Å². The Hall–Kier alpha value is -2.85. The van der Waals surface area contributed by atoms with Crippen LogP contribution in [-0.2, 0) is 13.0 Å². The molecule has 0 bridgehead atoms. The van der Waals surface area contributed by atoms with Crippen LogP contribution in [0.5, 0.6) is 11.5 Å². The predicted octanol–water partition coefficient (Wildman–Crippen LogP) is 3.75. The second-order valence-corrected chi connectivity index (χ2v) is 7.52. The molecule has 2 unspecified atom stereocenters. The number of benzene rings is 2. The Kier molecular flexibility index (Phi) is 4.82. The maximum Gasteiger partial charge on any atom is 0.202 e. The highest BCUT2D eigenvalue weighted by molar-refractivity contribution is 6.01. The fourth-order valence-electron chi connectivity index (χ4n) is 4.23. The van der Waals surface area contributed by atoms with E-state index in [2.05, 4.69) is 28.9 Å². The second-order valence-electron chi connectivity index (χ2n) is 7.52. The SMILES string of the molecule is CCc1c(O)ccc2c1OC1=CC(=[N+](C)C)C=CC1C2c1ccccc1CO. The second kappa shape index (κ2) is 7.28. The van der Waals surface area contributed by atoms with Crippen LogP contribution in [0.15, 0.2) is 60.4 Å². The fraction of sp³-hybridized carbons (Fsp3) is 0.292. The lowest BCUT2D eigenvalue weighted by Crippen LogP contribution is -2.29. The van der Waals surface area contributed by atoms with Crippen LogP contribution in [0.3, 0.4) is 0 Å². The number of rotatable bonds is 3. The molecule has 0 fully saturated rings. The minimum atomic E-state index is -0.00780. The van der Waals surface area contributed by atoms with Gasteiger partial charge in [-0.05, 0) is 23.6 Å². The molecule has 2 aromatic rings. The van der Waals surface area contributed by atoms with E-state index in [1.54, 1.807) is 6.07 Å². The molecule has 28 heavy (non-hydrogen) atoms. The molecule has 1 heterocycles. The molecule has 2 aliphatic rings. The molecule has 0 saturated heterocycles. The Labute approximate surface area is 165 Å². The van der Waals surface area contributed by atoms with Crippen molar-refractivity contribution in [1.82, 2.24) is 0 Å². The topological polar surface area (TPSA) is 52.7 Å². The summed E-state index contributed by atoms with van der Waals surface area (Å²) in [6, 6.07) is 11.7. The summed E-state index contributed by atoms with van der Waals surface area (Å²) in [6.45, 7) is 2.01. The number of phenolic OH excluding ortho intramolecular Hbond substituents is 1. The van der Waals surface area contributed by atoms with E-state index in [9.17, 15) is 10.2 Å². The van der Waals surface area contributed by atoms with E-state index in [1.165, 1.54) is 0 Å². The number of hydrogen-bond acceptors (Lipinski definition) is 3. The zero-order chi connectivity index (χ0) is 19.8. The van der Waals surface area contributed by atoms with Crippen LogP contribution in [0.1, 0.15) is 35.1 Å². The van der Waals surface area contributed by atoms with Gasteiger partial charge in [-0.2, -0.15) is 0 Å². The van der Waals surface area contributed by atoms with Gasteiger partial charge in [0, 0.05) is 35.1 Å². The Balaban J connectivity index is 1.98. The van der Waals surface area contributed by atoms with E-state index in [4.69, 9.17) is 4.74 Å². The van der Waals surface area contributed by atoms with Crippen molar-refractivity contribution >= 4 is 5.71 Å². The van der Waals surface area contributed by atoms with Gasteiger partial charge < -0.3 is 14.9 Å². The van der Waals surface area contributed by atoms with Crippen molar-refractivity contribution in [3.63, 3.8) is 0 Å². The summed E-state index contributed by atoms with van der Waals surface area (Å²) in [5.41, 5.74) is 4.96. The molecule has 2 N–H and O–H groups in total. The van der Waals surface area contributed by atoms with Gasteiger partial charge in [0.2, 0.25) is 5.71 Å². The van der Waals surface area contributed by atoms with Crippen molar-refractivity contribution in [3.8, 4) is 11.5 Å². The Morgan fingerprint density at radius 2 is 1.86 bits per heavy atom. The molecular formula is C24H26NO3+. The van der Waals surface area contributed by atoms with Gasteiger partial charge in [0.15, 0.2) is 0 Å². The third kappa shape index (κ3) is 2.94. The number of hydrogen-bond donors (Lipinski definition) is 2. The summed E-state index contributed by atoms with van der Waals surface area (Å²) >= 11 is 0. The van der Waals surface area contributed by atoms with E-state index in [0.717, 1.165) is 39.5 Å². The van der Waals surface area contributed by atoms with Crippen molar-refractivity contribution in [1.29, 1.82) is 0 Å². The van der Waals surface area contributed by atoms with Crippen molar-refractivity contribution in [2.75, 3.05) is 14.1 Å². The van der Waals surface area contributed by atoms with Crippen LogP contribution in [0, 0.1) is 5.92 Å². The van der Waals surface area contributed by atoms with Gasteiger partial charge in [-0.1, -0.05) is 43.3 Å². The molecule has 0 spiro atoms. The lowest BCUT2D eigenvalue weighted by molar-refractivity contribution is -0.462. The van der Waals surface area contributed by atoms with Gasteiger partial charge in [-0.25, -0.2) is 4.58 Å². The number of phenols is 1. The Bertz CT molecular complexity index is 1010. The van der Waals surface area contributed by atoms with E-state index >= 15 is 0 Å². The summed E-state index contributed by atoms with van der Waals surface area (Å²) in [7, 11) is 4.02. The highest BCUT2D eigenvalue weighted by Gasteiger charge is 2.39. The van der Waals surface area contributed by atoms with Crippen molar-refractivity contribution in [3.05, 3.63) is 82.6 Å². The summed E-state index contributed by atoms with van der Waals surface area (Å²) in [5.74, 6) is 1.94. The Morgan fingerprint density at radius 1 is 1.07 bits per heavy atom. The molecule has 0 aromatic heterocycles. The van der Waals surface area contributed by atoms with Gasteiger partial charge in [-0.3, -0.25) is 0 Å². The van der Waals surface area contributed by atoms with Gasteiger partial charge in [0.1, 0.15) is 31.4 Å². The van der Waals surface area contributed by atoms with Crippen molar-refractivity contribution in [2.24, 2.45) is 5.92 Å². The van der Waals surface area contributed by atoms with Crippen molar-refractivity contribution in [2.45, 2.75) is 25.9 Å². The largest absolute Gasteiger partial charge is 0.508 e. The fourth-order valence-corrected chi connectivity index (χ4v) is 4.23. The lowest BCUT2D eigenvalue weighted by atomic mass is 9.74. The molecule has 0 radical (unpaired) electrons. The van der Waals surface area contributed by atoms with Gasteiger partial charge >= 0.3 is 0 Å². The highest BCUT2D eigenvalue weighted by Crippen LogP contribution is 2.50. The number of allylic oxidation sites excluding steroid dienone is 3. The summed E-state index contributed by atoms with van der Waals surface area (Å²) in [5, 5.41) is 20.3. The van der Waals surface area contributed by atoms with Gasteiger partial charge in [0.05, 0.1) is 6.61 Å². The van der Waals surface area contributed by atoms with Gasteiger partial charge in [-0.15, -0.1) is 0 Å². The third-order valence-electron chi connectivity index (χ3n) is 5.70. The monoisotopic (exact) mass is 376 g/mol. The molecule has 144 valence electrons. The first-order valence-electron chi connectivity index (χ1n) is 9.70. The molecule has 2 aromatic carbocycles. The molecule has 1 aliphatic carbocycles. The van der Waals surface area contributed by atoms with Crippen LogP contribution < -0.4 is 4.74 Å². The minimum absolute atomic E-state index is 0.00780. The quantitative estimate of drug-likeness (QED) is 0.802. The summed E-state index contributed by atoms with van der Waals surface area (Å²) < 4.78 is 8.44. The maximum atomic E-state index is 10.4. The van der Waals surface area contributed by atoms with Crippen LogP contribution in [0.4, 0.5) is 0 Å². The lowest BCUT2D eigenvalue weighted by Gasteiger charge is -2.37. The number of fused-ring (bicyclic) bond motifs is 2. The van der Waals surface area contributed by atoms with E-state index < -0.39 is 0 Å². The zero-order valence-electron chi connectivity index (χ0n) is 16.5. The third-order valence-corrected chi connectivity index (χ3v) is 5.70. The summed E-state index contributed by atoms with van der Waals surface area (Å²) in [6.07, 6.45) is 7.07. The minimum Gasteiger partial charge on any atom is -0.508 e. The first-order chi connectivity index (χ1) is 13.5. The number of nitrogens with zero attached hydrogens (tertiary/aromatic N) is 1. The first kappa shape index (κ1) is 18.5. The molecule has 4 nitrogen and oxygen atoms in total. The van der Waals surface area contributed by atoms with Crippen LogP contribution in [-0.4, -0.2) is 34.6 Å². The summed E-state index contributed by atoms with van der Waals surface area (Å²) in [4.78, 5) is 0. The van der Waals surface area contributed by atoms with Crippen molar-refractivity contribution < 1.29 is 19.5 Å². The smallest absolute Gasteiger partial charge is 0.202 e. The maximum absolute atomic E-state index is 10.4. The molecule has 4 heteroatoms. The molecule has 2 atom stereocenters. The van der Waals surface area contributed by atoms with E-state index in [-0.39, 0.29) is 24.2 Å². The Morgan fingerprint density at radius 3 is 2.57 bits per heavy atom. The van der Waals surface area contributed by atoms with E-state index in [1.807, 2.05) is 45.3 Å². The number of ether oxygens (including phenoxy) is 1. The number of aliphatic hydroxyl groups excluding tert-OH is 1. The normalized spacial score (nSPS) is 20.1. The molecule has 4 rings (SSSR count). The highest BCUT2D eigenvalue weighted by atomic mass is 16.5.